The van der Waals surface area contributed by atoms with E-state index in [1.54, 1.807) is 24.3 Å². The lowest BCUT2D eigenvalue weighted by molar-refractivity contribution is -0.120. The van der Waals surface area contributed by atoms with E-state index < -0.39 is 11.8 Å². The van der Waals surface area contributed by atoms with Crippen LogP contribution in [-0.4, -0.2) is 11.7 Å². The van der Waals surface area contributed by atoms with Gasteiger partial charge in [0, 0.05) is 10.6 Å². The number of ketones is 1. The average molecular weight is 366 g/mol. The van der Waals surface area contributed by atoms with E-state index in [2.05, 4.69) is 0 Å². The van der Waals surface area contributed by atoms with Crippen LogP contribution >= 0.6 is 11.6 Å². The molecular weight excluding hydrogens is 346 g/mol. The van der Waals surface area contributed by atoms with Crippen LogP contribution in [0.15, 0.2) is 91.0 Å². The summed E-state index contributed by atoms with van der Waals surface area (Å²) in [5.41, 5.74) is 6.81. The van der Waals surface area contributed by atoms with Crippen LogP contribution in [0.2, 0.25) is 5.02 Å². The highest BCUT2D eigenvalue weighted by atomic mass is 35.5. The number of rotatable bonds is 5. The van der Waals surface area contributed by atoms with Crippen LogP contribution in [0.3, 0.4) is 0 Å². The number of carbonyl (C=O) groups is 2. The Morgan fingerprint density at radius 3 is 1.65 bits per heavy atom. The van der Waals surface area contributed by atoms with E-state index >= 15 is 0 Å². The SMILES string of the molecule is Clc1ccccc1.NC(=O)C(Cc1ccccc1)C(=O)c1ccccc1. The zero-order chi connectivity index (χ0) is 18.8. The maximum atomic E-state index is 12.3. The Balaban J connectivity index is 0.000000290. The topological polar surface area (TPSA) is 60.2 Å². The zero-order valence-electron chi connectivity index (χ0n) is 14.2. The smallest absolute Gasteiger partial charge is 0.228 e. The summed E-state index contributed by atoms with van der Waals surface area (Å²) < 4.78 is 0. The van der Waals surface area contributed by atoms with Gasteiger partial charge in [0.15, 0.2) is 5.78 Å². The molecule has 0 aliphatic carbocycles. The molecule has 0 spiro atoms. The number of hydrogen-bond acceptors (Lipinski definition) is 2. The molecule has 1 atom stereocenters. The van der Waals surface area contributed by atoms with Gasteiger partial charge >= 0.3 is 0 Å². The Hall–Kier alpha value is -2.91. The summed E-state index contributed by atoms with van der Waals surface area (Å²) in [4.78, 5) is 23.8. The van der Waals surface area contributed by atoms with Crippen LogP contribution in [0.4, 0.5) is 0 Å². The zero-order valence-corrected chi connectivity index (χ0v) is 15.0. The van der Waals surface area contributed by atoms with Gasteiger partial charge in [-0.1, -0.05) is 90.5 Å². The second-order valence-electron chi connectivity index (χ2n) is 5.67. The van der Waals surface area contributed by atoms with Crippen LogP contribution in [0.1, 0.15) is 15.9 Å². The molecule has 26 heavy (non-hydrogen) atoms. The minimum atomic E-state index is -0.815. The van der Waals surface area contributed by atoms with Gasteiger partial charge in [-0.15, -0.1) is 0 Å². The lowest BCUT2D eigenvalue weighted by atomic mass is 9.91. The predicted molar refractivity (Wildman–Crippen MR) is 105 cm³/mol. The van der Waals surface area contributed by atoms with E-state index in [-0.39, 0.29) is 5.78 Å². The normalized spacial score (nSPS) is 11.0. The van der Waals surface area contributed by atoms with Gasteiger partial charge in [-0.25, -0.2) is 0 Å². The number of benzene rings is 3. The van der Waals surface area contributed by atoms with E-state index in [1.165, 1.54) is 0 Å². The quantitative estimate of drug-likeness (QED) is 0.532. The molecule has 3 aromatic rings. The molecule has 2 N–H and O–H groups in total. The van der Waals surface area contributed by atoms with E-state index in [0.29, 0.717) is 12.0 Å². The molecule has 4 heteroatoms. The number of Topliss-reactive ketones (excluding diaryl/α,β-unsaturated/α-hetero) is 1. The van der Waals surface area contributed by atoms with Gasteiger partial charge in [-0.2, -0.15) is 0 Å². The fraction of sp³-hybridized carbons (Fsp3) is 0.0909. The molecule has 0 fully saturated rings. The van der Waals surface area contributed by atoms with Crippen molar-refractivity contribution >= 4 is 23.3 Å². The maximum Gasteiger partial charge on any atom is 0.228 e. The van der Waals surface area contributed by atoms with Gasteiger partial charge in [0.25, 0.3) is 0 Å². The fourth-order valence-electron chi connectivity index (χ4n) is 2.39. The third-order valence-electron chi connectivity index (χ3n) is 3.73. The average Bonchev–Trinajstić information content (AvgIpc) is 2.68. The Bertz CT molecular complexity index is 821. The predicted octanol–water partition coefficient (Wildman–Crippen LogP) is 4.55. The summed E-state index contributed by atoms with van der Waals surface area (Å²) in [5, 5.41) is 0.794. The summed E-state index contributed by atoms with van der Waals surface area (Å²) in [6.07, 6.45) is 0.337. The fourth-order valence-corrected chi connectivity index (χ4v) is 2.54. The van der Waals surface area contributed by atoms with Gasteiger partial charge in [0.2, 0.25) is 5.91 Å². The molecule has 0 saturated heterocycles. The standard InChI is InChI=1S/C16H15NO2.C6H5Cl/c17-16(19)14(11-12-7-3-1-4-8-12)15(18)13-9-5-2-6-10-13;7-6-4-2-1-3-5-6/h1-10,14H,11H2,(H2,17,19);1-5H. The van der Waals surface area contributed by atoms with E-state index in [1.807, 2.05) is 66.7 Å². The van der Waals surface area contributed by atoms with Gasteiger partial charge in [-0.05, 0) is 24.1 Å². The molecular formula is C22H20ClNO2. The van der Waals surface area contributed by atoms with E-state index in [0.717, 1.165) is 10.6 Å². The molecule has 0 aliphatic heterocycles. The second-order valence-corrected chi connectivity index (χ2v) is 6.11. The third-order valence-corrected chi connectivity index (χ3v) is 3.99. The van der Waals surface area contributed by atoms with Crippen molar-refractivity contribution in [3.63, 3.8) is 0 Å². The number of amides is 1. The summed E-state index contributed by atoms with van der Waals surface area (Å²) in [7, 11) is 0. The van der Waals surface area contributed by atoms with Crippen molar-refractivity contribution in [3.8, 4) is 0 Å². The number of halogens is 1. The summed E-state index contributed by atoms with van der Waals surface area (Å²) in [5.74, 6) is -1.63. The van der Waals surface area contributed by atoms with Gasteiger partial charge in [0.1, 0.15) is 5.92 Å². The molecule has 3 nitrogen and oxygen atoms in total. The summed E-state index contributed by atoms with van der Waals surface area (Å²) >= 11 is 5.54. The van der Waals surface area contributed by atoms with Crippen molar-refractivity contribution in [2.24, 2.45) is 11.7 Å². The number of nitrogens with two attached hydrogens (primary N) is 1. The molecule has 0 aromatic heterocycles. The largest absolute Gasteiger partial charge is 0.369 e. The third kappa shape index (κ3) is 6.19. The number of primary amides is 1. The number of carbonyl (C=O) groups excluding carboxylic acids is 2. The Morgan fingerprint density at radius 2 is 1.23 bits per heavy atom. The molecule has 0 aliphatic rings. The second kappa shape index (κ2) is 10.2. The first-order chi connectivity index (χ1) is 12.6. The van der Waals surface area contributed by atoms with Crippen molar-refractivity contribution < 1.29 is 9.59 Å². The van der Waals surface area contributed by atoms with Gasteiger partial charge < -0.3 is 5.73 Å². The van der Waals surface area contributed by atoms with Crippen molar-refractivity contribution in [2.75, 3.05) is 0 Å². The van der Waals surface area contributed by atoms with Gasteiger partial charge in [-0.3, -0.25) is 9.59 Å². The van der Waals surface area contributed by atoms with Crippen molar-refractivity contribution in [1.29, 1.82) is 0 Å². The molecule has 0 saturated carbocycles. The van der Waals surface area contributed by atoms with Crippen molar-refractivity contribution in [2.45, 2.75) is 6.42 Å². The van der Waals surface area contributed by atoms with E-state index in [4.69, 9.17) is 17.3 Å². The molecule has 0 bridgehead atoms. The Labute approximate surface area is 158 Å². The van der Waals surface area contributed by atoms with Crippen molar-refractivity contribution in [3.05, 3.63) is 107 Å². The minimum absolute atomic E-state index is 0.225. The first-order valence-electron chi connectivity index (χ1n) is 8.21. The Morgan fingerprint density at radius 1 is 0.769 bits per heavy atom. The molecule has 1 unspecified atom stereocenters. The van der Waals surface area contributed by atoms with Crippen LogP contribution in [0.5, 0.6) is 0 Å². The monoisotopic (exact) mass is 365 g/mol. The highest BCUT2D eigenvalue weighted by Crippen LogP contribution is 2.14. The van der Waals surface area contributed by atoms with E-state index in [9.17, 15) is 9.59 Å². The molecule has 0 radical (unpaired) electrons. The minimum Gasteiger partial charge on any atom is -0.369 e. The van der Waals surface area contributed by atoms with Crippen LogP contribution in [0.25, 0.3) is 0 Å². The molecule has 3 rings (SSSR count). The highest BCUT2D eigenvalue weighted by molar-refractivity contribution is 6.30. The lowest BCUT2D eigenvalue weighted by Gasteiger charge is -2.12. The molecule has 132 valence electrons. The van der Waals surface area contributed by atoms with Crippen LogP contribution < -0.4 is 5.73 Å². The molecule has 0 heterocycles. The van der Waals surface area contributed by atoms with Crippen LogP contribution in [0, 0.1) is 5.92 Å². The molecule has 3 aromatic carbocycles. The first-order valence-corrected chi connectivity index (χ1v) is 8.59. The number of hydrogen-bond donors (Lipinski definition) is 1. The Kier molecular flexibility index (Phi) is 7.59. The van der Waals surface area contributed by atoms with Gasteiger partial charge in [0.05, 0.1) is 0 Å². The first kappa shape index (κ1) is 19.4. The lowest BCUT2D eigenvalue weighted by Crippen LogP contribution is -2.32. The summed E-state index contributed by atoms with van der Waals surface area (Å²) in [6, 6.07) is 27.6. The van der Waals surface area contributed by atoms with Crippen LogP contribution in [-0.2, 0) is 11.2 Å². The summed E-state index contributed by atoms with van der Waals surface area (Å²) in [6.45, 7) is 0. The van der Waals surface area contributed by atoms with Crippen molar-refractivity contribution in [1.82, 2.24) is 0 Å². The molecule has 1 amide bonds. The maximum absolute atomic E-state index is 12.3. The highest BCUT2D eigenvalue weighted by Gasteiger charge is 2.25.